The average Bonchev–Trinajstić information content (AvgIpc) is 2.16. The highest BCUT2D eigenvalue weighted by molar-refractivity contribution is 4.83. The summed E-state index contributed by atoms with van der Waals surface area (Å²) in [6.07, 6.45) is 3.04. The lowest BCUT2D eigenvalue weighted by atomic mass is 10.2. The van der Waals surface area contributed by atoms with Crippen molar-refractivity contribution in [2.24, 2.45) is 0 Å². The fourth-order valence-electron chi connectivity index (χ4n) is 1.02. The Labute approximate surface area is 56.2 Å². The summed E-state index contributed by atoms with van der Waals surface area (Å²) >= 11 is 0. The molecule has 2 nitrogen and oxygen atoms in total. The molecule has 0 aromatic carbocycles. The molecule has 0 spiro atoms. The Kier molecular flexibility index (Phi) is 2.09. The molecule has 1 aliphatic rings. The third-order valence-electron chi connectivity index (χ3n) is 1.44. The first-order valence-electron chi connectivity index (χ1n) is 3.39. The molecule has 0 bridgehead atoms. The maximum atomic E-state index is 5.30. The van der Waals surface area contributed by atoms with E-state index in [1.54, 1.807) is 0 Å². The van der Waals surface area contributed by atoms with Crippen LogP contribution in [0.4, 0.5) is 0 Å². The van der Waals surface area contributed by atoms with Crippen molar-refractivity contribution in [3.8, 4) is 0 Å². The second kappa shape index (κ2) is 2.67. The summed E-state index contributed by atoms with van der Waals surface area (Å²) in [6.45, 7) is 5.49. The number of hydrogen-bond donors (Lipinski definition) is 0. The van der Waals surface area contributed by atoms with Gasteiger partial charge in [0.25, 0.3) is 0 Å². The molecular weight excluding hydrogens is 116 g/mol. The van der Waals surface area contributed by atoms with Crippen molar-refractivity contribution in [1.29, 1.82) is 0 Å². The molecule has 53 valence electrons. The van der Waals surface area contributed by atoms with Crippen LogP contribution in [0.3, 0.4) is 0 Å². The predicted molar refractivity (Wildman–Crippen MR) is 34.9 cm³/mol. The van der Waals surface area contributed by atoms with Gasteiger partial charge in [-0.15, -0.1) is 0 Å². The number of rotatable bonds is 2. The minimum absolute atomic E-state index is 0.380. The van der Waals surface area contributed by atoms with Gasteiger partial charge in [-0.2, -0.15) is 0 Å². The first-order valence-corrected chi connectivity index (χ1v) is 3.39. The third kappa shape index (κ3) is 1.66. The Morgan fingerprint density at radius 1 is 1.44 bits per heavy atom. The Balaban J connectivity index is 2.32. The van der Waals surface area contributed by atoms with E-state index in [9.17, 15) is 0 Å². The summed E-state index contributed by atoms with van der Waals surface area (Å²) in [5.41, 5.74) is 0. The molecule has 0 N–H and O–H groups in total. The van der Waals surface area contributed by atoms with Gasteiger partial charge in [-0.1, -0.05) is 6.92 Å². The van der Waals surface area contributed by atoms with Crippen LogP contribution in [0, 0.1) is 6.42 Å². The first-order chi connectivity index (χ1) is 4.27. The second-order valence-corrected chi connectivity index (χ2v) is 2.33. The Morgan fingerprint density at radius 2 is 2.00 bits per heavy atom. The van der Waals surface area contributed by atoms with Gasteiger partial charge in [0.15, 0.2) is 5.79 Å². The molecule has 0 aromatic rings. The Hall–Kier alpha value is -0.0800. The fourth-order valence-corrected chi connectivity index (χ4v) is 1.02. The molecule has 2 heteroatoms. The van der Waals surface area contributed by atoms with Crippen molar-refractivity contribution in [2.45, 2.75) is 26.1 Å². The van der Waals surface area contributed by atoms with Gasteiger partial charge in [0.2, 0.25) is 0 Å². The van der Waals surface area contributed by atoms with Crippen LogP contribution in [0.15, 0.2) is 0 Å². The van der Waals surface area contributed by atoms with E-state index < -0.39 is 0 Å². The van der Waals surface area contributed by atoms with Crippen molar-refractivity contribution in [1.82, 2.24) is 0 Å². The van der Waals surface area contributed by atoms with Crippen LogP contribution in [0.1, 0.15) is 20.3 Å². The molecule has 0 aromatic heterocycles. The van der Waals surface area contributed by atoms with Crippen molar-refractivity contribution in [2.75, 3.05) is 13.2 Å². The molecule has 9 heavy (non-hydrogen) atoms. The van der Waals surface area contributed by atoms with Crippen molar-refractivity contribution in [3.05, 3.63) is 6.42 Å². The molecule has 0 aliphatic carbocycles. The first kappa shape index (κ1) is 7.03. The van der Waals surface area contributed by atoms with Crippen LogP contribution in [0.5, 0.6) is 0 Å². The highest BCUT2D eigenvalue weighted by atomic mass is 16.7. The molecule has 0 atom stereocenters. The van der Waals surface area contributed by atoms with E-state index in [-0.39, 0.29) is 5.79 Å². The third-order valence-corrected chi connectivity index (χ3v) is 1.44. The fraction of sp³-hybridized carbons (Fsp3) is 0.857. The summed E-state index contributed by atoms with van der Waals surface area (Å²) in [6, 6.07) is 0. The molecule has 1 saturated heterocycles. The van der Waals surface area contributed by atoms with E-state index in [0.29, 0.717) is 0 Å². The quantitative estimate of drug-likeness (QED) is 0.560. The van der Waals surface area contributed by atoms with Gasteiger partial charge in [0, 0.05) is 6.42 Å². The normalized spacial score (nSPS) is 24.7. The van der Waals surface area contributed by atoms with Crippen molar-refractivity contribution < 1.29 is 9.47 Å². The average molecular weight is 129 g/mol. The van der Waals surface area contributed by atoms with Gasteiger partial charge in [0.1, 0.15) is 0 Å². The number of hydrogen-bond acceptors (Lipinski definition) is 2. The second-order valence-electron chi connectivity index (χ2n) is 2.33. The Morgan fingerprint density at radius 3 is 2.44 bits per heavy atom. The summed E-state index contributed by atoms with van der Waals surface area (Å²) in [7, 11) is 0. The van der Waals surface area contributed by atoms with Gasteiger partial charge < -0.3 is 9.47 Å². The van der Waals surface area contributed by atoms with E-state index in [2.05, 4.69) is 6.92 Å². The minimum Gasteiger partial charge on any atom is -0.348 e. The van der Waals surface area contributed by atoms with Crippen LogP contribution < -0.4 is 0 Å². The van der Waals surface area contributed by atoms with Crippen LogP contribution in [-0.2, 0) is 9.47 Å². The predicted octanol–water partition coefficient (Wildman–Crippen LogP) is 1.36. The van der Waals surface area contributed by atoms with Crippen molar-refractivity contribution >= 4 is 0 Å². The topological polar surface area (TPSA) is 18.5 Å². The van der Waals surface area contributed by atoms with Crippen molar-refractivity contribution in [3.63, 3.8) is 0 Å². The monoisotopic (exact) mass is 129 g/mol. The van der Waals surface area contributed by atoms with Crippen LogP contribution >= 0.6 is 0 Å². The highest BCUT2D eigenvalue weighted by Crippen LogP contribution is 2.22. The lowest BCUT2D eigenvalue weighted by Crippen LogP contribution is -2.25. The molecule has 1 heterocycles. The SMILES string of the molecule is CC[CH]C1(C)OCCO1. The van der Waals surface area contributed by atoms with E-state index in [0.717, 1.165) is 19.6 Å². The lowest BCUT2D eigenvalue weighted by molar-refractivity contribution is -0.115. The molecule has 1 aliphatic heterocycles. The minimum atomic E-state index is -0.380. The van der Waals surface area contributed by atoms with Gasteiger partial charge >= 0.3 is 0 Å². The van der Waals surface area contributed by atoms with Gasteiger partial charge in [0.05, 0.1) is 13.2 Å². The molecule has 1 radical (unpaired) electrons. The molecule has 1 fully saturated rings. The molecule has 1 rings (SSSR count). The van der Waals surface area contributed by atoms with E-state index >= 15 is 0 Å². The smallest absolute Gasteiger partial charge is 0.168 e. The maximum Gasteiger partial charge on any atom is 0.168 e. The molecule has 0 amide bonds. The zero-order valence-corrected chi connectivity index (χ0v) is 6.02. The number of ether oxygens (including phenoxy) is 2. The van der Waals surface area contributed by atoms with Gasteiger partial charge in [-0.25, -0.2) is 0 Å². The molecular formula is C7H13O2. The highest BCUT2D eigenvalue weighted by Gasteiger charge is 2.29. The lowest BCUT2D eigenvalue weighted by Gasteiger charge is -2.20. The van der Waals surface area contributed by atoms with Gasteiger partial charge in [-0.3, -0.25) is 0 Å². The molecule has 0 unspecified atom stereocenters. The van der Waals surface area contributed by atoms with E-state index in [1.165, 1.54) is 0 Å². The Bertz CT molecular complexity index is 84.9. The van der Waals surface area contributed by atoms with Crippen LogP contribution in [-0.4, -0.2) is 19.0 Å². The van der Waals surface area contributed by atoms with Crippen LogP contribution in [0.25, 0.3) is 0 Å². The van der Waals surface area contributed by atoms with E-state index in [1.807, 2.05) is 13.3 Å². The maximum absolute atomic E-state index is 5.30. The van der Waals surface area contributed by atoms with Crippen LogP contribution in [0.2, 0.25) is 0 Å². The molecule has 0 saturated carbocycles. The summed E-state index contributed by atoms with van der Waals surface area (Å²) < 4.78 is 10.6. The summed E-state index contributed by atoms with van der Waals surface area (Å²) in [4.78, 5) is 0. The summed E-state index contributed by atoms with van der Waals surface area (Å²) in [5.74, 6) is -0.380. The van der Waals surface area contributed by atoms with E-state index in [4.69, 9.17) is 9.47 Å². The summed E-state index contributed by atoms with van der Waals surface area (Å²) in [5, 5.41) is 0. The standard InChI is InChI=1S/C7H13O2/c1-3-4-7(2)8-5-6-9-7/h4H,3,5-6H2,1-2H3. The largest absolute Gasteiger partial charge is 0.348 e. The zero-order valence-electron chi connectivity index (χ0n) is 6.02. The zero-order chi connectivity index (χ0) is 6.74. The van der Waals surface area contributed by atoms with Gasteiger partial charge in [-0.05, 0) is 13.3 Å².